The number of hydrogen-bond acceptors (Lipinski definition) is 4. The van der Waals surface area contributed by atoms with Crippen LogP contribution in [0.1, 0.15) is 50.3 Å². The fourth-order valence-electron chi connectivity index (χ4n) is 3.79. The third kappa shape index (κ3) is 7.45. The molecule has 1 N–H and O–H groups in total. The second kappa shape index (κ2) is 12.4. The van der Waals surface area contributed by atoms with Crippen molar-refractivity contribution in [3.63, 3.8) is 0 Å². The lowest BCUT2D eigenvalue weighted by Crippen LogP contribution is -2.53. The van der Waals surface area contributed by atoms with Gasteiger partial charge in [0, 0.05) is 17.6 Å². The molecule has 192 valence electrons. The van der Waals surface area contributed by atoms with Gasteiger partial charge in [-0.3, -0.25) is 13.9 Å². The summed E-state index contributed by atoms with van der Waals surface area (Å²) in [6.45, 7) is 9.11. The van der Waals surface area contributed by atoms with Gasteiger partial charge in [0.15, 0.2) is 0 Å². The Hall–Kier alpha value is -2.58. The number of sulfonamides is 1. The van der Waals surface area contributed by atoms with Crippen LogP contribution in [0.3, 0.4) is 0 Å². The van der Waals surface area contributed by atoms with Crippen molar-refractivity contribution in [3.05, 3.63) is 64.2 Å². The lowest BCUT2D eigenvalue weighted by molar-refractivity contribution is -0.140. The van der Waals surface area contributed by atoms with Gasteiger partial charge in [-0.05, 0) is 62.4 Å². The van der Waals surface area contributed by atoms with Gasteiger partial charge >= 0.3 is 0 Å². The Labute approximate surface area is 214 Å². The molecule has 0 heterocycles. The van der Waals surface area contributed by atoms with E-state index in [0.717, 1.165) is 28.1 Å². The standard InChI is InChI=1S/C26H36ClN3O4S/c1-7-19(4)28-26(32)23(8-2)29(16-21-13-10-9-12-18(21)3)25(31)17-30(35(6,33)34)24-15-11-14-22(27)20(24)5/h9-15,19,23H,7-8,16-17H2,1-6H3,(H,28,32). The van der Waals surface area contributed by atoms with Crippen LogP contribution in [0.25, 0.3) is 0 Å². The van der Waals surface area contributed by atoms with Crippen LogP contribution < -0.4 is 9.62 Å². The Morgan fingerprint density at radius 3 is 2.26 bits per heavy atom. The molecule has 9 heteroatoms. The predicted octanol–water partition coefficient (Wildman–Crippen LogP) is 4.44. The minimum atomic E-state index is -3.82. The molecule has 35 heavy (non-hydrogen) atoms. The van der Waals surface area contributed by atoms with E-state index in [0.29, 0.717) is 22.7 Å². The highest BCUT2D eigenvalue weighted by Gasteiger charge is 2.32. The van der Waals surface area contributed by atoms with Crippen molar-refractivity contribution in [3.8, 4) is 0 Å². The first-order valence-corrected chi connectivity index (χ1v) is 14.0. The van der Waals surface area contributed by atoms with Crippen LogP contribution in [0.4, 0.5) is 5.69 Å². The molecule has 0 radical (unpaired) electrons. The highest BCUT2D eigenvalue weighted by Crippen LogP contribution is 2.28. The van der Waals surface area contributed by atoms with Gasteiger partial charge in [-0.1, -0.05) is 55.8 Å². The van der Waals surface area contributed by atoms with Gasteiger partial charge < -0.3 is 10.2 Å². The van der Waals surface area contributed by atoms with Crippen LogP contribution in [-0.4, -0.2) is 50.0 Å². The zero-order valence-corrected chi connectivity index (χ0v) is 22.9. The van der Waals surface area contributed by atoms with Crippen molar-refractivity contribution in [2.75, 3.05) is 17.1 Å². The molecule has 0 fully saturated rings. The number of carbonyl (C=O) groups is 2. The van der Waals surface area contributed by atoms with Gasteiger partial charge in [0.25, 0.3) is 0 Å². The van der Waals surface area contributed by atoms with Crippen molar-refractivity contribution in [1.82, 2.24) is 10.2 Å². The van der Waals surface area contributed by atoms with E-state index in [4.69, 9.17) is 11.6 Å². The Morgan fingerprint density at radius 1 is 1.03 bits per heavy atom. The second-order valence-corrected chi connectivity index (χ2v) is 11.2. The molecule has 7 nitrogen and oxygen atoms in total. The van der Waals surface area contributed by atoms with Crippen molar-refractivity contribution < 1.29 is 18.0 Å². The van der Waals surface area contributed by atoms with Crippen molar-refractivity contribution in [2.24, 2.45) is 0 Å². The van der Waals surface area contributed by atoms with E-state index in [1.165, 1.54) is 4.90 Å². The van der Waals surface area contributed by atoms with E-state index in [-0.39, 0.29) is 18.5 Å². The van der Waals surface area contributed by atoms with Gasteiger partial charge in [-0.25, -0.2) is 8.42 Å². The van der Waals surface area contributed by atoms with Crippen LogP contribution in [0.2, 0.25) is 5.02 Å². The van der Waals surface area contributed by atoms with Crippen LogP contribution >= 0.6 is 11.6 Å². The second-order valence-electron chi connectivity index (χ2n) is 8.84. The van der Waals surface area contributed by atoms with Crippen LogP contribution in [0, 0.1) is 13.8 Å². The number of anilines is 1. The third-order valence-electron chi connectivity index (χ3n) is 6.18. The van der Waals surface area contributed by atoms with E-state index in [2.05, 4.69) is 5.32 Å². The molecule has 0 saturated heterocycles. The number of halogens is 1. The van der Waals surface area contributed by atoms with Crippen LogP contribution in [0.5, 0.6) is 0 Å². The van der Waals surface area contributed by atoms with Crippen LogP contribution in [-0.2, 0) is 26.2 Å². The normalized spacial score (nSPS) is 13.1. The highest BCUT2D eigenvalue weighted by atomic mass is 35.5. The summed E-state index contributed by atoms with van der Waals surface area (Å²) in [6, 6.07) is 11.8. The average Bonchev–Trinajstić information content (AvgIpc) is 2.79. The summed E-state index contributed by atoms with van der Waals surface area (Å²) in [7, 11) is -3.82. The third-order valence-corrected chi connectivity index (χ3v) is 7.71. The summed E-state index contributed by atoms with van der Waals surface area (Å²) in [5.74, 6) is -0.724. The van der Waals surface area contributed by atoms with Crippen molar-refractivity contribution in [1.29, 1.82) is 0 Å². The first-order chi connectivity index (χ1) is 16.4. The number of aryl methyl sites for hydroxylation is 1. The first kappa shape index (κ1) is 28.7. The minimum absolute atomic E-state index is 0.0476. The quantitative estimate of drug-likeness (QED) is 0.473. The summed E-state index contributed by atoms with van der Waals surface area (Å²) < 4.78 is 26.6. The van der Waals surface area contributed by atoms with E-state index >= 15 is 0 Å². The van der Waals surface area contributed by atoms with E-state index in [1.807, 2.05) is 52.0 Å². The summed E-state index contributed by atoms with van der Waals surface area (Å²) >= 11 is 6.24. The van der Waals surface area contributed by atoms with Gasteiger partial charge in [-0.2, -0.15) is 0 Å². The zero-order valence-electron chi connectivity index (χ0n) is 21.3. The van der Waals surface area contributed by atoms with Gasteiger partial charge in [-0.15, -0.1) is 0 Å². The maximum atomic E-state index is 13.8. The molecule has 0 aromatic heterocycles. The molecule has 0 aliphatic rings. The molecule has 2 unspecified atom stereocenters. The minimum Gasteiger partial charge on any atom is -0.352 e. The number of benzene rings is 2. The molecular formula is C26H36ClN3O4S. The zero-order chi connectivity index (χ0) is 26.3. The topological polar surface area (TPSA) is 86.8 Å². The molecule has 0 aliphatic heterocycles. The fraction of sp³-hybridized carbons (Fsp3) is 0.462. The SMILES string of the molecule is CCC(C)NC(=O)C(CC)N(Cc1ccccc1C)C(=O)CN(c1cccc(Cl)c1C)S(C)(=O)=O. The molecule has 0 aliphatic carbocycles. The number of carbonyl (C=O) groups excluding carboxylic acids is 2. The summed E-state index contributed by atoms with van der Waals surface area (Å²) in [5.41, 5.74) is 2.76. The molecular weight excluding hydrogens is 486 g/mol. The monoisotopic (exact) mass is 521 g/mol. The summed E-state index contributed by atoms with van der Waals surface area (Å²) in [4.78, 5) is 28.4. The maximum absolute atomic E-state index is 13.8. The molecule has 0 saturated carbocycles. The fourth-order valence-corrected chi connectivity index (χ4v) is 4.86. The molecule has 0 spiro atoms. The number of nitrogens with zero attached hydrogens (tertiary/aromatic N) is 2. The molecule has 2 aromatic carbocycles. The lowest BCUT2D eigenvalue weighted by Gasteiger charge is -2.34. The number of rotatable bonds is 11. The van der Waals surface area contributed by atoms with E-state index < -0.39 is 28.5 Å². The molecule has 2 aromatic rings. The largest absolute Gasteiger partial charge is 0.352 e. The Balaban J connectivity index is 2.50. The lowest BCUT2D eigenvalue weighted by atomic mass is 10.1. The summed E-state index contributed by atoms with van der Waals surface area (Å²) in [5, 5.41) is 3.37. The molecule has 2 rings (SSSR count). The van der Waals surface area contributed by atoms with Crippen LogP contribution in [0.15, 0.2) is 42.5 Å². The molecule has 0 bridgehead atoms. The number of amides is 2. The van der Waals surface area contributed by atoms with E-state index in [9.17, 15) is 18.0 Å². The average molecular weight is 522 g/mol. The maximum Gasteiger partial charge on any atom is 0.244 e. The highest BCUT2D eigenvalue weighted by molar-refractivity contribution is 7.92. The van der Waals surface area contributed by atoms with Gasteiger partial charge in [0.2, 0.25) is 21.8 Å². The van der Waals surface area contributed by atoms with Crippen molar-refractivity contribution >= 4 is 39.1 Å². The number of hydrogen-bond donors (Lipinski definition) is 1. The predicted molar refractivity (Wildman–Crippen MR) is 142 cm³/mol. The van der Waals surface area contributed by atoms with Gasteiger partial charge in [0.1, 0.15) is 12.6 Å². The van der Waals surface area contributed by atoms with E-state index in [1.54, 1.807) is 25.1 Å². The summed E-state index contributed by atoms with van der Waals surface area (Å²) in [6.07, 6.45) is 2.19. The Bertz CT molecular complexity index is 1150. The Kier molecular flexibility index (Phi) is 10.2. The molecule has 2 amide bonds. The first-order valence-electron chi connectivity index (χ1n) is 11.8. The molecule has 2 atom stereocenters. The number of nitrogens with one attached hydrogen (secondary N) is 1. The van der Waals surface area contributed by atoms with Gasteiger partial charge in [0.05, 0.1) is 11.9 Å². The van der Waals surface area contributed by atoms with Crippen molar-refractivity contribution in [2.45, 2.75) is 66.1 Å². The smallest absolute Gasteiger partial charge is 0.244 e. The Morgan fingerprint density at radius 2 is 1.69 bits per heavy atom.